The van der Waals surface area contributed by atoms with Crippen molar-refractivity contribution in [3.05, 3.63) is 83.7 Å². The molecule has 0 radical (unpaired) electrons. The lowest BCUT2D eigenvalue weighted by Gasteiger charge is -2.22. The molecule has 1 atom stereocenters. The summed E-state index contributed by atoms with van der Waals surface area (Å²) in [4.78, 5) is 31.8. The highest BCUT2D eigenvalue weighted by molar-refractivity contribution is 8.01. The van der Waals surface area contributed by atoms with E-state index >= 15 is 0 Å². The van der Waals surface area contributed by atoms with Gasteiger partial charge in [0.15, 0.2) is 4.34 Å². The molecule has 5 nitrogen and oxygen atoms in total. The molecule has 2 heterocycles. The van der Waals surface area contributed by atoms with E-state index in [0.717, 1.165) is 26.7 Å². The third kappa shape index (κ3) is 4.36. The van der Waals surface area contributed by atoms with Crippen LogP contribution in [0.5, 0.6) is 0 Å². The highest BCUT2D eigenvalue weighted by Gasteiger charge is 2.30. The summed E-state index contributed by atoms with van der Waals surface area (Å²) in [7, 11) is 0. The molecule has 8 heteroatoms. The third-order valence-electron chi connectivity index (χ3n) is 5.54. The maximum absolute atomic E-state index is 13.9. The predicted molar refractivity (Wildman–Crippen MR) is 132 cm³/mol. The molecule has 2 amide bonds. The molecule has 1 aliphatic heterocycles. The number of thioether (sulfide) groups is 1. The predicted octanol–water partition coefficient (Wildman–Crippen LogP) is 5.76. The molecule has 0 spiro atoms. The minimum Gasteiger partial charge on any atom is -0.322 e. The van der Waals surface area contributed by atoms with Gasteiger partial charge in [-0.25, -0.2) is 9.37 Å². The number of nitrogens with zero attached hydrogens (tertiary/aromatic N) is 2. The highest BCUT2D eigenvalue weighted by atomic mass is 32.2. The number of rotatable bonds is 5. The Hall–Kier alpha value is -3.23. The maximum Gasteiger partial charge on any atom is 0.258 e. The number of hydrogen-bond acceptors (Lipinski definition) is 5. The summed E-state index contributed by atoms with van der Waals surface area (Å²) >= 11 is 2.88. The largest absolute Gasteiger partial charge is 0.322 e. The second-order valence-electron chi connectivity index (χ2n) is 7.83. The van der Waals surface area contributed by atoms with Crippen molar-refractivity contribution in [3.63, 3.8) is 0 Å². The van der Waals surface area contributed by atoms with Crippen molar-refractivity contribution in [1.82, 2.24) is 4.98 Å². The maximum atomic E-state index is 13.9. The zero-order valence-electron chi connectivity index (χ0n) is 17.7. The van der Waals surface area contributed by atoms with E-state index in [9.17, 15) is 14.0 Å². The molecule has 5 rings (SSSR count). The van der Waals surface area contributed by atoms with Crippen LogP contribution in [0.2, 0.25) is 0 Å². The second-order valence-corrected chi connectivity index (χ2v) is 10.1. The van der Waals surface area contributed by atoms with Gasteiger partial charge in [0.1, 0.15) is 5.82 Å². The average Bonchev–Trinajstić information content (AvgIpc) is 3.37. The first kappa shape index (κ1) is 21.6. The van der Waals surface area contributed by atoms with Crippen LogP contribution in [0.1, 0.15) is 22.8 Å². The molecule has 166 valence electrons. The first-order chi connectivity index (χ1) is 16.0. The zero-order valence-corrected chi connectivity index (χ0v) is 19.4. The third-order valence-corrected chi connectivity index (χ3v) is 7.69. The molecule has 0 fully saturated rings. The summed E-state index contributed by atoms with van der Waals surface area (Å²) in [6, 6.07) is 19.4. The fourth-order valence-corrected chi connectivity index (χ4v) is 5.99. The molecule has 4 aromatic rings. The Bertz CT molecular complexity index is 1370. The van der Waals surface area contributed by atoms with Crippen molar-refractivity contribution in [3.8, 4) is 0 Å². The van der Waals surface area contributed by atoms with E-state index in [4.69, 9.17) is 0 Å². The normalized spacial score (nSPS) is 15.0. The van der Waals surface area contributed by atoms with E-state index in [-0.39, 0.29) is 17.5 Å². The zero-order chi connectivity index (χ0) is 22.9. The summed E-state index contributed by atoms with van der Waals surface area (Å²) in [5.74, 6) is -0.700. The first-order valence-corrected chi connectivity index (χ1v) is 12.3. The summed E-state index contributed by atoms with van der Waals surface area (Å²) < 4.78 is 15.5. The van der Waals surface area contributed by atoms with Crippen LogP contribution in [-0.4, -0.2) is 28.6 Å². The van der Waals surface area contributed by atoms with E-state index in [1.54, 1.807) is 18.2 Å². The van der Waals surface area contributed by atoms with Crippen LogP contribution in [0.15, 0.2) is 71.1 Å². The van der Waals surface area contributed by atoms with Crippen LogP contribution >= 0.6 is 23.1 Å². The van der Waals surface area contributed by atoms with Gasteiger partial charge in [-0.1, -0.05) is 42.1 Å². The van der Waals surface area contributed by atoms with Gasteiger partial charge in [-0.05, 0) is 55.3 Å². The Labute approximate surface area is 198 Å². The molecule has 3 aromatic carbocycles. The van der Waals surface area contributed by atoms with Crippen LogP contribution in [-0.2, 0) is 11.2 Å². The van der Waals surface area contributed by atoms with Crippen LogP contribution in [0.4, 0.5) is 15.8 Å². The lowest BCUT2D eigenvalue weighted by molar-refractivity contribution is -0.116. The highest BCUT2D eigenvalue weighted by Crippen LogP contribution is 2.35. The number of benzene rings is 3. The number of carbonyl (C=O) groups is 2. The lowest BCUT2D eigenvalue weighted by atomic mass is 10.1. The molecule has 1 N–H and O–H groups in total. The SMILES string of the molecule is CC1Cc2ccccc2N1C(=O)CSc1nc2ccc(NC(=O)c3ccccc3F)cc2s1. The average molecular weight is 478 g/mol. The van der Waals surface area contributed by atoms with Crippen LogP contribution in [0.25, 0.3) is 10.2 Å². The smallest absolute Gasteiger partial charge is 0.258 e. The number of halogens is 1. The van der Waals surface area contributed by atoms with E-state index < -0.39 is 11.7 Å². The molecule has 1 aliphatic rings. The van der Waals surface area contributed by atoms with Gasteiger partial charge in [0, 0.05) is 17.4 Å². The number of carbonyl (C=O) groups excluding carboxylic acids is 2. The molecule has 0 bridgehead atoms. The molecular weight excluding hydrogens is 457 g/mol. The van der Waals surface area contributed by atoms with E-state index in [2.05, 4.69) is 23.3 Å². The fourth-order valence-electron chi connectivity index (χ4n) is 4.03. The van der Waals surface area contributed by atoms with Crippen molar-refractivity contribution < 1.29 is 14.0 Å². The van der Waals surface area contributed by atoms with Crippen LogP contribution in [0.3, 0.4) is 0 Å². The lowest BCUT2D eigenvalue weighted by Crippen LogP contribution is -2.36. The van der Waals surface area contributed by atoms with Gasteiger partial charge < -0.3 is 10.2 Å². The Kier molecular flexibility index (Phi) is 5.86. The molecule has 1 unspecified atom stereocenters. The van der Waals surface area contributed by atoms with Gasteiger partial charge in [0.05, 0.1) is 21.5 Å². The first-order valence-electron chi connectivity index (χ1n) is 10.5. The Morgan fingerprint density at radius 3 is 2.79 bits per heavy atom. The van der Waals surface area contributed by atoms with Crippen LogP contribution < -0.4 is 10.2 Å². The second kappa shape index (κ2) is 8.96. The van der Waals surface area contributed by atoms with Crippen molar-refractivity contribution in [2.24, 2.45) is 0 Å². The van der Waals surface area contributed by atoms with Gasteiger partial charge in [-0.15, -0.1) is 11.3 Å². The Morgan fingerprint density at radius 2 is 1.94 bits per heavy atom. The number of aromatic nitrogens is 1. The minimum atomic E-state index is -0.563. The summed E-state index contributed by atoms with van der Waals surface area (Å²) in [5, 5.41) is 2.73. The number of nitrogens with one attached hydrogen (secondary N) is 1. The molecule has 1 aromatic heterocycles. The summed E-state index contributed by atoms with van der Waals surface area (Å²) in [6.07, 6.45) is 0.870. The van der Waals surface area contributed by atoms with Gasteiger partial charge in [-0.3, -0.25) is 9.59 Å². The van der Waals surface area contributed by atoms with E-state index in [1.165, 1.54) is 40.8 Å². The molecule has 0 saturated heterocycles. The van der Waals surface area contributed by atoms with Crippen molar-refractivity contribution in [2.75, 3.05) is 16.0 Å². The molecule has 0 saturated carbocycles. The fraction of sp³-hybridized carbons (Fsp3) is 0.160. The number of amides is 2. The number of para-hydroxylation sites is 1. The van der Waals surface area contributed by atoms with Crippen molar-refractivity contribution in [2.45, 2.75) is 23.7 Å². The van der Waals surface area contributed by atoms with Gasteiger partial charge >= 0.3 is 0 Å². The quantitative estimate of drug-likeness (QED) is 0.372. The monoisotopic (exact) mass is 477 g/mol. The molecule has 0 aliphatic carbocycles. The van der Waals surface area contributed by atoms with Gasteiger partial charge in [0.2, 0.25) is 5.91 Å². The van der Waals surface area contributed by atoms with E-state index in [1.807, 2.05) is 35.2 Å². The number of hydrogen-bond donors (Lipinski definition) is 1. The number of thiazole rings is 1. The van der Waals surface area contributed by atoms with Gasteiger partial charge in [0.25, 0.3) is 5.91 Å². The summed E-state index contributed by atoms with van der Waals surface area (Å²) in [6.45, 7) is 2.07. The Morgan fingerprint density at radius 1 is 1.15 bits per heavy atom. The number of anilines is 2. The standard InChI is InChI=1S/C25H20FN3O2S2/c1-15-12-16-6-2-5-9-21(16)29(15)23(30)14-32-25-28-20-11-10-17(13-22(20)33-25)27-24(31)18-7-3-4-8-19(18)26/h2-11,13,15H,12,14H2,1H3,(H,27,31). The molecular formula is C25H20FN3O2S2. The van der Waals surface area contributed by atoms with Crippen molar-refractivity contribution in [1.29, 1.82) is 0 Å². The Balaban J connectivity index is 1.27. The number of fused-ring (bicyclic) bond motifs is 2. The topological polar surface area (TPSA) is 62.3 Å². The van der Waals surface area contributed by atoms with E-state index in [0.29, 0.717) is 11.4 Å². The summed E-state index contributed by atoms with van der Waals surface area (Å²) in [5.41, 5.74) is 3.55. The van der Waals surface area contributed by atoms with Crippen LogP contribution in [0, 0.1) is 5.82 Å². The van der Waals surface area contributed by atoms with Crippen molar-refractivity contribution >= 4 is 56.5 Å². The van der Waals surface area contributed by atoms with Gasteiger partial charge in [-0.2, -0.15) is 0 Å². The molecule has 33 heavy (non-hydrogen) atoms. The minimum absolute atomic E-state index is 0.00521.